The number of carbonyl (C=O) groups is 2. The Morgan fingerprint density at radius 1 is 1.08 bits per heavy atom. The van der Waals surface area contributed by atoms with Crippen LogP contribution in [0.4, 0.5) is 10.1 Å². The van der Waals surface area contributed by atoms with Crippen molar-refractivity contribution < 1.29 is 14.0 Å². The molecule has 2 rings (SSSR count). The van der Waals surface area contributed by atoms with Gasteiger partial charge in [0.2, 0.25) is 5.91 Å². The van der Waals surface area contributed by atoms with E-state index in [9.17, 15) is 14.0 Å². The van der Waals surface area contributed by atoms with Gasteiger partial charge in [0.15, 0.2) is 0 Å². The van der Waals surface area contributed by atoms with Crippen molar-refractivity contribution in [3.05, 3.63) is 62.3 Å². The number of anilines is 1. The lowest BCUT2D eigenvalue weighted by Crippen LogP contribution is -2.28. The fourth-order valence-corrected chi connectivity index (χ4v) is 2.68. The van der Waals surface area contributed by atoms with Crippen molar-refractivity contribution in [1.29, 1.82) is 0 Å². The zero-order chi connectivity index (χ0) is 17.7. The second kappa shape index (κ2) is 8.39. The summed E-state index contributed by atoms with van der Waals surface area (Å²) in [5, 5.41) is 5.36. The number of hydrogen-bond acceptors (Lipinski definition) is 2. The van der Waals surface area contributed by atoms with Gasteiger partial charge in [-0.05, 0) is 64.8 Å². The Balaban J connectivity index is 1.85. The number of amides is 2. The molecule has 24 heavy (non-hydrogen) atoms. The molecule has 0 heterocycles. The molecule has 0 saturated heterocycles. The van der Waals surface area contributed by atoms with Gasteiger partial charge in [-0.25, -0.2) is 4.39 Å². The van der Waals surface area contributed by atoms with Gasteiger partial charge in [-0.3, -0.25) is 9.59 Å². The molecule has 7 heteroatoms. The van der Waals surface area contributed by atoms with Gasteiger partial charge in [-0.15, -0.1) is 0 Å². The summed E-state index contributed by atoms with van der Waals surface area (Å²) in [6, 6.07) is 9.36. The minimum atomic E-state index is -0.494. The van der Waals surface area contributed by atoms with Crippen LogP contribution in [0.2, 0.25) is 0 Å². The fourth-order valence-electron chi connectivity index (χ4n) is 2.00. The van der Waals surface area contributed by atoms with Gasteiger partial charge >= 0.3 is 0 Å². The van der Waals surface area contributed by atoms with Gasteiger partial charge in [0.25, 0.3) is 5.91 Å². The van der Waals surface area contributed by atoms with Crippen LogP contribution in [-0.4, -0.2) is 18.4 Å². The number of nitrogens with one attached hydrogen (secondary N) is 2. The monoisotopic (exact) mass is 456 g/mol. The van der Waals surface area contributed by atoms with Crippen LogP contribution in [0.25, 0.3) is 0 Å². The van der Waals surface area contributed by atoms with Crippen LogP contribution in [-0.2, 0) is 4.79 Å². The van der Waals surface area contributed by atoms with Gasteiger partial charge in [0, 0.05) is 27.6 Å². The number of benzene rings is 2. The lowest BCUT2D eigenvalue weighted by atomic mass is 10.2. The summed E-state index contributed by atoms with van der Waals surface area (Å²) < 4.78 is 14.7. The van der Waals surface area contributed by atoms with Crippen molar-refractivity contribution in [3.63, 3.8) is 0 Å². The van der Waals surface area contributed by atoms with E-state index < -0.39 is 11.7 Å². The second-order valence-electron chi connectivity index (χ2n) is 5.14. The Labute approximate surface area is 156 Å². The van der Waals surface area contributed by atoms with Crippen LogP contribution < -0.4 is 10.6 Å². The molecule has 0 bridgehead atoms. The molecular formula is C17H15Br2FN2O2. The third-order valence-electron chi connectivity index (χ3n) is 3.25. The molecule has 0 atom stereocenters. The van der Waals surface area contributed by atoms with Gasteiger partial charge in [-0.2, -0.15) is 0 Å². The van der Waals surface area contributed by atoms with E-state index in [1.807, 2.05) is 19.1 Å². The average molecular weight is 458 g/mol. The van der Waals surface area contributed by atoms with E-state index in [1.165, 1.54) is 12.1 Å². The first-order valence-electron chi connectivity index (χ1n) is 7.16. The van der Waals surface area contributed by atoms with E-state index in [2.05, 4.69) is 42.5 Å². The van der Waals surface area contributed by atoms with Gasteiger partial charge in [0.05, 0.1) is 5.56 Å². The SMILES string of the molecule is Cc1cc(NC(=O)CCNC(=O)c2cc(F)ccc2Br)ccc1Br. The van der Waals surface area contributed by atoms with Crippen LogP contribution in [0, 0.1) is 12.7 Å². The number of hydrogen-bond donors (Lipinski definition) is 2. The molecule has 4 nitrogen and oxygen atoms in total. The molecule has 0 aliphatic carbocycles. The molecule has 2 aromatic rings. The van der Waals surface area contributed by atoms with Crippen LogP contribution in [0.3, 0.4) is 0 Å². The Kier molecular flexibility index (Phi) is 6.51. The Hall–Kier alpha value is -1.73. The summed E-state index contributed by atoms with van der Waals surface area (Å²) in [6.07, 6.45) is 0.119. The molecule has 0 aliphatic heterocycles. The van der Waals surface area contributed by atoms with Crippen molar-refractivity contribution >= 4 is 49.4 Å². The quantitative estimate of drug-likeness (QED) is 0.698. The molecule has 0 radical (unpaired) electrons. The predicted molar refractivity (Wildman–Crippen MR) is 98.6 cm³/mol. The van der Waals surface area contributed by atoms with Crippen molar-refractivity contribution in [2.45, 2.75) is 13.3 Å². The lowest BCUT2D eigenvalue weighted by Gasteiger charge is -2.09. The molecule has 0 unspecified atom stereocenters. The topological polar surface area (TPSA) is 58.2 Å². The number of rotatable bonds is 5. The fraction of sp³-hybridized carbons (Fsp3) is 0.176. The summed E-state index contributed by atoms with van der Waals surface area (Å²) in [5.41, 5.74) is 1.90. The molecule has 0 spiro atoms. The molecule has 0 fully saturated rings. The van der Waals surface area contributed by atoms with E-state index in [-0.39, 0.29) is 24.4 Å². The molecule has 126 valence electrons. The summed E-state index contributed by atoms with van der Waals surface area (Å²) in [4.78, 5) is 23.9. The molecule has 0 saturated carbocycles. The van der Waals surface area contributed by atoms with Crippen LogP contribution >= 0.6 is 31.9 Å². The van der Waals surface area contributed by atoms with Crippen molar-refractivity contribution in [1.82, 2.24) is 5.32 Å². The van der Waals surface area contributed by atoms with Gasteiger partial charge in [0.1, 0.15) is 5.82 Å². The Bertz CT molecular complexity index is 781. The maximum absolute atomic E-state index is 13.2. The normalized spacial score (nSPS) is 10.3. The largest absolute Gasteiger partial charge is 0.351 e. The zero-order valence-corrected chi connectivity index (χ0v) is 16.0. The first-order chi connectivity index (χ1) is 11.4. The molecule has 2 aromatic carbocycles. The highest BCUT2D eigenvalue weighted by molar-refractivity contribution is 9.10. The van der Waals surface area contributed by atoms with E-state index in [1.54, 1.807) is 6.07 Å². The highest BCUT2D eigenvalue weighted by Gasteiger charge is 2.11. The average Bonchev–Trinajstić information content (AvgIpc) is 2.53. The van der Waals surface area contributed by atoms with E-state index in [0.29, 0.717) is 10.2 Å². The molecule has 2 amide bonds. The summed E-state index contributed by atoms with van der Waals surface area (Å²) in [6.45, 7) is 2.08. The van der Waals surface area contributed by atoms with Gasteiger partial charge < -0.3 is 10.6 Å². The molecular weight excluding hydrogens is 443 g/mol. The maximum atomic E-state index is 13.2. The van der Waals surface area contributed by atoms with Gasteiger partial charge in [-0.1, -0.05) is 15.9 Å². The van der Waals surface area contributed by atoms with Crippen LogP contribution in [0.1, 0.15) is 22.3 Å². The van der Waals surface area contributed by atoms with E-state index >= 15 is 0 Å². The maximum Gasteiger partial charge on any atom is 0.252 e. The van der Waals surface area contributed by atoms with Crippen molar-refractivity contribution in [3.8, 4) is 0 Å². The number of aryl methyl sites for hydroxylation is 1. The highest BCUT2D eigenvalue weighted by Crippen LogP contribution is 2.20. The summed E-state index contributed by atoms with van der Waals surface area (Å²) >= 11 is 6.59. The van der Waals surface area contributed by atoms with Crippen LogP contribution in [0.5, 0.6) is 0 Å². The summed E-state index contributed by atoms with van der Waals surface area (Å²) in [5.74, 6) is -1.14. The highest BCUT2D eigenvalue weighted by atomic mass is 79.9. The first-order valence-corrected chi connectivity index (χ1v) is 8.74. The Morgan fingerprint density at radius 2 is 1.79 bits per heavy atom. The lowest BCUT2D eigenvalue weighted by molar-refractivity contribution is -0.116. The minimum Gasteiger partial charge on any atom is -0.351 e. The zero-order valence-electron chi connectivity index (χ0n) is 12.8. The minimum absolute atomic E-state index is 0.119. The van der Waals surface area contributed by atoms with Crippen LogP contribution in [0.15, 0.2) is 45.3 Å². The number of halogens is 3. The second-order valence-corrected chi connectivity index (χ2v) is 6.85. The third kappa shape index (κ3) is 5.14. The Morgan fingerprint density at radius 3 is 2.50 bits per heavy atom. The molecule has 2 N–H and O–H groups in total. The third-order valence-corrected chi connectivity index (χ3v) is 4.83. The molecule has 0 aliphatic rings. The van der Waals surface area contributed by atoms with Crippen molar-refractivity contribution in [2.24, 2.45) is 0 Å². The smallest absolute Gasteiger partial charge is 0.252 e. The number of carbonyl (C=O) groups excluding carboxylic acids is 2. The standard InChI is InChI=1S/C17H15Br2FN2O2/c1-10-8-12(3-5-14(10)18)22-16(23)6-7-21-17(24)13-9-11(20)2-4-15(13)19/h2-5,8-9H,6-7H2,1H3,(H,21,24)(H,22,23). The first kappa shape index (κ1) is 18.6. The predicted octanol–water partition coefficient (Wildman–Crippen LogP) is 4.42. The summed E-state index contributed by atoms with van der Waals surface area (Å²) in [7, 11) is 0. The molecule has 0 aromatic heterocycles. The van der Waals surface area contributed by atoms with E-state index in [4.69, 9.17) is 0 Å². The van der Waals surface area contributed by atoms with E-state index in [0.717, 1.165) is 16.1 Å². The van der Waals surface area contributed by atoms with Crippen molar-refractivity contribution in [2.75, 3.05) is 11.9 Å².